The number of hydrogen-bond acceptors (Lipinski definition) is 3. The number of likely N-dealkylation sites (N-methyl/N-ethyl adjacent to an activating group) is 1. The van der Waals surface area contributed by atoms with Crippen molar-refractivity contribution in [2.24, 2.45) is 0 Å². The summed E-state index contributed by atoms with van der Waals surface area (Å²) in [4.78, 5) is 2.29. The van der Waals surface area contributed by atoms with Crippen LogP contribution < -0.4 is 5.32 Å². The lowest BCUT2D eigenvalue weighted by molar-refractivity contribution is 0.311. The predicted octanol–water partition coefficient (Wildman–Crippen LogP) is 1.94. The normalized spacial score (nSPS) is 15.4. The minimum absolute atomic E-state index is 0.881. The van der Waals surface area contributed by atoms with Gasteiger partial charge in [0, 0.05) is 19.6 Å². The first-order valence-corrected chi connectivity index (χ1v) is 5.77. The zero-order valence-corrected chi connectivity index (χ0v) is 10.3. The van der Waals surface area contributed by atoms with Crippen LogP contribution in [0.25, 0.3) is 0 Å². The van der Waals surface area contributed by atoms with Crippen LogP contribution in [0.2, 0.25) is 0 Å². The standard InChI is InChI=1S/C13H20N2O/c1-10(12-6-14-7-12)8-15(3)9-13-5-4-11(2)16-13/h4-5,14H,6-9H2,1-3H3. The fraction of sp³-hybridized carbons (Fsp3) is 0.538. The van der Waals surface area contributed by atoms with E-state index in [2.05, 4.69) is 30.3 Å². The van der Waals surface area contributed by atoms with Crippen molar-refractivity contribution in [2.75, 3.05) is 26.7 Å². The number of rotatable bonds is 4. The van der Waals surface area contributed by atoms with Gasteiger partial charge in [0.1, 0.15) is 11.5 Å². The molecule has 0 atom stereocenters. The molecule has 0 bridgehead atoms. The minimum Gasteiger partial charge on any atom is -0.465 e. The molecule has 0 spiro atoms. The largest absolute Gasteiger partial charge is 0.465 e. The molecule has 1 saturated heterocycles. The summed E-state index contributed by atoms with van der Waals surface area (Å²) in [6.07, 6.45) is 0. The second-order valence-corrected chi connectivity index (χ2v) is 4.67. The van der Waals surface area contributed by atoms with Gasteiger partial charge in [-0.2, -0.15) is 0 Å². The van der Waals surface area contributed by atoms with Crippen molar-refractivity contribution >= 4 is 0 Å². The molecule has 0 aliphatic carbocycles. The lowest BCUT2D eigenvalue weighted by atomic mass is 10.0. The van der Waals surface area contributed by atoms with Gasteiger partial charge in [-0.15, -0.1) is 0 Å². The molecule has 1 aliphatic rings. The first kappa shape index (κ1) is 11.4. The first-order chi connectivity index (χ1) is 7.65. The Morgan fingerprint density at radius 3 is 2.69 bits per heavy atom. The summed E-state index contributed by atoms with van der Waals surface area (Å²) in [5.74, 6) is 2.03. The highest BCUT2D eigenvalue weighted by Crippen LogP contribution is 2.13. The van der Waals surface area contributed by atoms with E-state index < -0.39 is 0 Å². The van der Waals surface area contributed by atoms with Crippen LogP contribution in [-0.2, 0) is 6.54 Å². The Morgan fingerprint density at radius 1 is 1.44 bits per heavy atom. The molecule has 0 saturated carbocycles. The topological polar surface area (TPSA) is 28.4 Å². The quantitative estimate of drug-likeness (QED) is 0.786. The molecule has 3 nitrogen and oxygen atoms in total. The van der Waals surface area contributed by atoms with Gasteiger partial charge in [0.15, 0.2) is 0 Å². The minimum atomic E-state index is 0.881. The van der Waals surface area contributed by atoms with Crippen molar-refractivity contribution in [3.05, 3.63) is 34.8 Å². The van der Waals surface area contributed by atoms with E-state index in [0.29, 0.717) is 0 Å². The van der Waals surface area contributed by atoms with Crippen LogP contribution in [0.5, 0.6) is 0 Å². The van der Waals surface area contributed by atoms with Crippen molar-refractivity contribution in [3.63, 3.8) is 0 Å². The Bertz CT molecular complexity index is 386. The molecular formula is C13H20N2O. The Hall–Kier alpha value is -1.06. The molecule has 2 heterocycles. The number of nitrogens with one attached hydrogen (secondary N) is 1. The third-order valence-corrected chi connectivity index (χ3v) is 3.01. The second kappa shape index (κ2) is 4.85. The van der Waals surface area contributed by atoms with Crippen molar-refractivity contribution < 1.29 is 4.42 Å². The summed E-state index contributed by atoms with van der Waals surface area (Å²) in [5, 5.41) is 3.27. The fourth-order valence-corrected chi connectivity index (χ4v) is 1.96. The maximum Gasteiger partial charge on any atom is 0.118 e. The molecule has 1 aromatic heterocycles. The van der Waals surface area contributed by atoms with E-state index in [0.717, 1.165) is 37.7 Å². The molecule has 1 aromatic rings. The number of furan rings is 1. The molecular weight excluding hydrogens is 200 g/mol. The Balaban J connectivity index is 1.86. The molecule has 0 unspecified atom stereocenters. The predicted molar refractivity (Wildman–Crippen MR) is 65.3 cm³/mol. The lowest BCUT2D eigenvalue weighted by Gasteiger charge is -2.24. The van der Waals surface area contributed by atoms with Crippen molar-refractivity contribution in [2.45, 2.75) is 20.4 Å². The van der Waals surface area contributed by atoms with Gasteiger partial charge in [0.2, 0.25) is 0 Å². The van der Waals surface area contributed by atoms with Crippen molar-refractivity contribution in [1.29, 1.82) is 0 Å². The van der Waals surface area contributed by atoms with E-state index in [9.17, 15) is 0 Å². The molecule has 3 heteroatoms. The third kappa shape index (κ3) is 2.74. The Morgan fingerprint density at radius 2 is 2.19 bits per heavy atom. The Kier molecular flexibility index (Phi) is 3.46. The highest BCUT2D eigenvalue weighted by molar-refractivity contribution is 5.22. The van der Waals surface area contributed by atoms with Gasteiger partial charge in [-0.25, -0.2) is 0 Å². The molecule has 0 amide bonds. The van der Waals surface area contributed by atoms with Crippen LogP contribution in [-0.4, -0.2) is 31.6 Å². The van der Waals surface area contributed by atoms with Crippen LogP contribution in [0.15, 0.2) is 27.7 Å². The number of nitrogens with zero attached hydrogens (tertiary/aromatic N) is 1. The van der Waals surface area contributed by atoms with E-state index in [-0.39, 0.29) is 0 Å². The van der Waals surface area contributed by atoms with E-state index >= 15 is 0 Å². The number of hydrogen-bond donors (Lipinski definition) is 1. The summed E-state index contributed by atoms with van der Waals surface area (Å²) < 4.78 is 5.57. The van der Waals surface area contributed by atoms with Crippen molar-refractivity contribution in [1.82, 2.24) is 10.2 Å². The molecule has 1 fully saturated rings. The van der Waals surface area contributed by atoms with Crippen LogP contribution >= 0.6 is 0 Å². The molecule has 16 heavy (non-hydrogen) atoms. The maximum atomic E-state index is 5.57. The van der Waals surface area contributed by atoms with Gasteiger partial charge in [-0.05, 0) is 38.6 Å². The van der Waals surface area contributed by atoms with Crippen LogP contribution in [0, 0.1) is 6.92 Å². The van der Waals surface area contributed by atoms with Crippen LogP contribution in [0.3, 0.4) is 0 Å². The van der Waals surface area contributed by atoms with Crippen LogP contribution in [0.4, 0.5) is 0 Å². The zero-order chi connectivity index (χ0) is 11.5. The van der Waals surface area contributed by atoms with Gasteiger partial charge in [0.25, 0.3) is 0 Å². The molecule has 1 N–H and O–H groups in total. The van der Waals surface area contributed by atoms with Crippen molar-refractivity contribution in [3.8, 4) is 0 Å². The zero-order valence-electron chi connectivity index (χ0n) is 10.3. The average molecular weight is 220 g/mol. The molecule has 88 valence electrons. The SMILES string of the molecule is CC(CN(C)Cc1ccc(C)o1)=C1CNC1. The van der Waals surface area contributed by atoms with Crippen LogP contribution in [0.1, 0.15) is 18.4 Å². The van der Waals surface area contributed by atoms with Gasteiger partial charge < -0.3 is 9.73 Å². The average Bonchev–Trinajstić information content (AvgIpc) is 2.47. The monoisotopic (exact) mass is 220 g/mol. The van der Waals surface area contributed by atoms with Gasteiger partial charge in [-0.3, -0.25) is 4.90 Å². The van der Waals surface area contributed by atoms with Gasteiger partial charge in [-0.1, -0.05) is 5.57 Å². The van der Waals surface area contributed by atoms with Gasteiger partial charge in [0.05, 0.1) is 6.54 Å². The molecule has 1 aliphatic heterocycles. The fourth-order valence-electron chi connectivity index (χ4n) is 1.96. The molecule has 0 radical (unpaired) electrons. The first-order valence-electron chi connectivity index (χ1n) is 5.77. The Labute approximate surface area is 97.1 Å². The summed E-state index contributed by atoms with van der Waals surface area (Å²) in [7, 11) is 2.13. The third-order valence-electron chi connectivity index (χ3n) is 3.01. The summed E-state index contributed by atoms with van der Waals surface area (Å²) >= 11 is 0. The lowest BCUT2D eigenvalue weighted by Crippen LogP contribution is -2.36. The summed E-state index contributed by atoms with van der Waals surface area (Å²) in [6, 6.07) is 4.07. The summed E-state index contributed by atoms with van der Waals surface area (Å²) in [5.41, 5.74) is 3.05. The highest BCUT2D eigenvalue weighted by atomic mass is 16.3. The second-order valence-electron chi connectivity index (χ2n) is 4.67. The van der Waals surface area contributed by atoms with E-state index in [1.165, 1.54) is 5.57 Å². The van der Waals surface area contributed by atoms with E-state index in [4.69, 9.17) is 4.42 Å². The smallest absolute Gasteiger partial charge is 0.118 e. The van der Waals surface area contributed by atoms with E-state index in [1.807, 2.05) is 13.0 Å². The maximum absolute atomic E-state index is 5.57. The molecule has 2 rings (SSSR count). The number of aryl methyl sites for hydroxylation is 1. The molecule has 0 aromatic carbocycles. The van der Waals surface area contributed by atoms with E-state index in [1.54, 1.807) is 5.57 Å². The summed E-state index contributed by atoms with van der Waals surface area (Å²) in [6.45, 7) is 8.25. The highest BCUT2D eigenvalue weighted by Gasteiger charge is 2.12. The van der Waals surface area contributed by atoms with Gasteiger partial charge >= 0.3 is 0 Å².